The second kappa shape index (κ2) is 7.65. The van der Waals surface area contributed by atoms with E-state index in [1.165, 1.54) is 0 Å². The maximum atomic E-state index is 12.8. The summed E-state index contributed by atoms with van der Waals surface area (Å²) < 4.78 is 8.39. The van der Waals surface area contributed by atoms with E-state index in [0.717, 1.165) is 10.0 Å². The molecule has 130 valence electrons. The van der Waals surface area contributed by atoms with E-state index in [2.05, 4.69) is 26.0 Å². The molecule has 0 bridgehead atoms. The van der Waals surface area contributed by atoms with Gasteiger partial charge in [0.05, 0.1) is 23.3 Å². The molecular weight excluding hydrogens is 384 g/mol. The molecule has 25 heavy (non-hydrogen) atoms. The molecule has 3 aromatic rings. The molecule has 3 rings (SSSR count). The number of carbonyl (C=O) groups excluding carboxylic acids is 1. The van der Waals surface area contributed by atoms with Crippen LogP contribution >= 0.6 is 15.9 Å². The van der Waals surface area contributed by atoms with Crippen LogP contribution in [0.15, 0.2) is 57.9 Å². The van der Waals surface area contributed by atoms with Gasteiger partial charge in [0.15, 0.2) is 5.76 Å². The first kappa shape index (κ1) is 17.4. The number of hydrogen-bond acceptors (Lipinski definition) is 4. The van der Waals surface area contributed by atoms with Crippen LogP contribution in [0.2, 0.25) is 0 Å². The fourth-order valence-corrected chi connectivity index (χ4v) is 3.03. The van der Waals surface area contributed by atoms with Crippen molar-refractivity contribution >= 4 is 21.8 Å². The second-order valence-corrected chi connectivity index (χ2v) is 6.59. The highest BCUT2D eigenvalue weighted by Gasteiger charge is 2.24. The first-order valence-electron chi connectivity index (χ1n) is 8.06. The van der Waals surface area contributed by atoms with Gasteiger partial charge in [0.1, 0.15) is 5.76 Å². The van der Waals surface area contributed by atoms with E-state index in [1.54, 1.807) is 34.2 Å². The summed E-state index contributed by atoms with van der Waals surface area (Å²) in [5.74, 6) is 0.884. The molecule has 0 aliphatic heterocycles. The quantitative estimate of drug-likeness (QED) is 0.626. The monoisotopic (exact) mass is 402 g/mol. The van der Waals surface area contributed by atoms with Crippen molar-refractivity contribution in [2.45, 2.75) is 26.4 Å². The van der Waals surface area contributed by atoms with Gasteiger partial charge in [0.2, 0.25) is 0 Å². The van der Waals surface area contributed by atoms with Gasteiger partial charge in [-0.25, -0.2) is 0 Å². The topological polar surface area (TPSA) is 64.2 Å². The lowest BCUT2D eigenvalue weighted by Gasteiger charge is -2.27. The molecule has 3 heterocycles. The van der Waals surface area contributed by atoms with Crippen LogP contribution in [0.1, 0.15) is 41.8 Å². The Bertz CT molecular complexity index is 844. The number of nitrogens with zero attached hydrogens (tertiary/aromatic N) is 4. The van der Waals surface area contributed by atoms with Gasteiger partial charge < -0.3 is 9.32 Å². The van der Waals surface area contributed by atoms with Crippen LogP contribution in [-0.4, -0.2) is 32.1 Å². The highest BCUT2D eigenvalue weighted by atomic mass is 79.9. The lowest BCUT2D eigenvalue weighted by Crippen LogP contribution is -2.33. The molecule has 3 aromatic heterocycles. The van der Waals surface area contributed by atoms with E-state index in [4.69, 9.17) is 4.42 Å². The van der Waals surface area contributed by atoms with Gasteiger partial charge >= 0.3 is 0 Å². The Balaban J connectivity index is 1.75. The first-order chi connectivity index (χ1) is 12.1. The molecule has 6 nitrogen and oxygen atoms in total. The molecule has 0 N–H and O–H groups in total. The molecule has 0 saturated heterocycles. The van der Waals surface area contributed by atoms with E-state index >= 15 is 0 Å². The van der Waals surface area contributed by atoms with Crippen molar-refractivity contribution in [3.05, 3.63) is 70.6 Å². The van der Waals surface area contributed by atoms with Crippen LogP contribution in [0.25, 0.3) is 0 Å². The van der Waals surface area contributed by atoms with E-state index in [1.807, 2.05) is 38.2 Å². The Morgan fingerprint density at radius 2 is 2.20 bits per heavy atom. The largest absolute Gasteiger partial charge is 0.454 e. The summed E-state index contributed by atoms with van der Waals surface area (Å²) in [5.41, 5.74) is 0.992. The number of hydrogen-bond donors (Lipinski definition) is 0. The number of carbonyl (C=O) groups is 1. The summed E-state index contributed by atoms with van der Waals surface area (Å²) in [7, 11) is 0. The van der Waals surface area contributed by atoms with E-state index < -0.39 is 0 Å². The van der Waals surface area contributed by atoms with Crippen molar-refractivity contribution in [2.75, 3.05) is 6.54 Å². The van der Waals surface area contributed by atoms with Gasteiger partial charge in [-0.05, 0) is 53.5 Å². The number of halogens is 1. The van der Waals surface area contributed by atoms with Crippen LogP contribution in [-0.2, 0) is 6.54 Å². The molecule has 0 fully saturated rings. The van der Waals surface area contributed by atoms with Crippen LogP contribution in [0, 0.1) is 0 Å². The molecule has 0 aromatic carbocycles. The molecule has 1 atom stereocenters. The van der Waals surface area contributed by atoms with Crippen LogP contribution in [0.4, 0.5) is 0 Å². The fourth-order valence-electron chi connectivity index (χ4n) is 2.70. The smallest absolute Gasteiger partial charge is 0.290 e. The average Bonchev–Trinajstić information content (AvgIpc) is 3.25. The number of aromatic nitrogens is 3. The molecule has 0 aliphatic rings. The third-order valence-corrected chi connectivity index (χ3v) is 4.44. The molecule has 0 aliphatic carbocycles. The molecule has 0 spiro atoms. The minimum absolute atomic E-state index is 0.0816. The lowest BCUT2D eigenvalue weighted by molar-refractivity contribution is 0.0667. The summed E-state index contributed by atoms with van der Waals surface area (Å²) in [4.78, 5) is 18.7. The van der Waals surface area contributed by atoms with Crippen LogP contribution < -0.4 is 0 Å². The van der Waals surface area contributed by atoms with Gasteiger partial charge in [-0.1, -0.05) is 6.07 Å². The van der Waals surface area contributed by atoms with Crippen molar-refractivity contribution in [1.82, 2.24) is 19.7 Å². The second-order valence-electron chi connectivity index (χ2n) is 5.68. The number of furan rings is 1. The molecule has 1 amide bonds. The number of pyridine rings is 1. The summed E-state index contributed by atoms with van der Waals surface area (Å²) in [6, 6.07) is 7.29. The third kappa shape index (κ3) is 3.99. The van der Waals surface area contributed by atoms with Gasteiger partial charge in [0.25, 0.3) is 5.91 Å². The standard InChI is InChI=1S/C18H19BrN4O2/c1-3-23(13(2)14-5-4-8-20-9-14)18(24)17-7-6-16(25-17)12-22-11-15(19)10-21-22/h4-11,13H,3,12H2,1-2H3. The van der Waals surface area contributed by atoms with Crippen molar-refractivity contribution in [1.29, 1.82) is 0 Å². The normalized spacial score (nSPS) is 12.1. The van der Waals surface area contributed by atoms with Crippen LogP contribution in [0.3, 0.4) is 0 Å². The molecule has 1 unspecified atom stereocenters. The highest BCUT2D eigenvalue weighted by Crippen LogP contribution is 2.22. The predicted molar refractivity (Wildman–Crippen MR) is 97.1 cm³/mol. The highest BCUT2D eigenvalue weighted by molar-refractivity contribution is 9.10. The third-order valence-electron chi connectivity index (χ3n) is 4.03. The zero-order valence-corrected chi connectivity index (χ0v) is 15.7. The fraction of sp³-hybridized carbons (Fsp3) is 0.278. The summed E-state index contributed by atoms with van der Waals surface area (Å²) >= 11 is 3.36. The molecule has 7 heteroatoms. The SMILES string of the molecule is CCN(C(=O)c1ccc(Cn2cc(Br)cn2)o1)C(C)c1cccnc1. The zero-order valence-electron chi connectivity index (χ0n) is 14.1. The Morgan fingerprint density at radius 3 is 2.84 bits per heavy atom. The summed E-state index contributed by atoms with van der Waals surface area (Å²) in [5, 5.41) is 4.19. The molecule has 0 radical (unpaired) electrons. The van der Waals surface area contributed by atoms with Crippen molar-refractivity contribution in [2.24, 2.45) is 0 Å². The average molecular weight is 403 g/mol. The van der Waals surface area contributed by atoms with Crippen molar-refractivity contribution in [3.63, 3.8) is 0 Å². The lowest BCUT2D eigenvalue weighted by atomic mass is 10.1. The Morgan fingerprint density at radius 1 is 1.36 bits per heavy atom. The Labute approximate surface area is 154 Å². The minimum atomic E-state index is -0.133. The Kier molecular flexibility index (Phi) is 5.33. The Hall–Kier alpha value is -2.41. The number of amides is 1. The predicted octanol–water partition coefficient (Wildman–Crippen LogP) is 3.91. The number of rotatable bonds is 6. The van der Waals surface area contributed by atoms with E-state index in [9.17, 15) is 4.79 Å². The molecular formula is C18H19BrN4O2. The van der Waals surface area contributed by atoms with Crippen molar-refractivity contribution < 1.29 is 9.21 Å². The van der Waals surface area contributed by atoms with Crippen molar-refractivity contribution in [3.8, 4) is 0 Å². The molecule has 0 saturated carbocycles. The van der Waals surface area contributed by atoms with Gasteiger partial charge in [-0.2, -0.15) is 5.10 Å². The maximum Gasteiger partial charge on any atom is 0.290 e. The van der Waals surface area contributed by atoms with Gasteiger partial charge in [-0.3, -0.25) is 14.5 Å². The summed E-state index contributed by atoms with van der Waals surface area (Å²) in [6.07, 6.45) is 7.07. The maximum absolute atomic E-state index is 12.8. The van der Waals surface area contributed by atoms with Gasteiger partial charge in [-0.15, -0.1) is 0 Å². The van der Waals surface area contributed by atoms with E-state index in [-0.39, 0.29) is 11.9 Å². The minimum Gasteiger partial charge on any atom is -0.454 e. The van der Waals surface area contributed by atoms with Crippen LogP contribution in [0.5, 0.6) is 0 Å². The van der Waals surface area contributed by atoms with E-state index in [0.29, 0.717) is 24.6 Å². The first-order valence-corrected chi connectivity index (χ1v) is 8.85. The van der Waals surface area contributed by atoms with Gasteiger partial charge in [0, 0.05) is 25.1 Å². The summed E-state index contributed by atoms with van der Waals surface area (Å²) in [6.45, 7) is 5.00. The zero-order chi connectivity index (χ0) is 17.8.